The van der Waals surface area contributed by atoms with Gasteiger partial charge in [0, 0.05) is 0 Å². The van der Waals surface area contributed by atoms with E-state index in [1.165, 1.54) is 39.7 Å². The number of ether oxygens (including phenoxy) is 4. The summed E-state index contributed by atoms with van der Waals surface area (Å²) >= 11 is 0. The van der Waals surface area contributed by atoms with Gasteiger partial charge in [0.05, 0.1) is 33.1 Å². The molecule has 3 rings (SSSR count). The van der Waals surface area contributed by atoms with Gasteiger partial charge in [-0.05, 0) is 47.5 Å². The van der Waals surface area contributed by atoms with E-state index < -0.39 is 18.0 Å². The highest BCUT2D eigenvalue weighted by Gasteiger charge is 2.18. The molecule has 0 aliphatic carbocycles. The summed E-state index contributed by atoms with van der Waals surface area (Å²) in [6, 6.07) is 18.0. The number of carbonyl (C=O) groups is 2. The lowest BCUT2D eigenvalue weighted by Crippen LogP contribution is -2.25. The quantitative estimate of drug-likeness (QED) is 0.216. The van der Waals surface area contributed by atoms with Gasteiger partial charge in [-0.2, -0.15) is 5.10 Å². The van der Waals surface area contributed by atoms with Crippen LogP contribution in [-0.4, -0.2) is 44.5 Å². The molecule has 0 heterocycles. The fourth-order valence-electron chi connectivity index (χ4n) is 3.01. The third-order valence-corrected chi connectivity index (χ3v) is 4.74. The highest BCUT2D eigenvalue weighted by Crippen LogP contribution is 2.38. The SMILES string of the molecule is COc1cc(C(=O)Oc2ccc(/C=N\NC(=O)[C@H](O)c3ccccc3)cc2)cc(OC)c1OC. The van der Waals surface area contributed by atoms with Crippen LogP contribution in [0.5, 0.6) is 23.0 Å². The number of hydrogen-bond donors (Lipinski definition) is 2. The average molecular weight is 464 g/mol. The van der Waals surface area contributed by atoms with Crippen LogP contribution in [0.1, 0.15) is 27.6 Å². The molecule has 0 bridgehead atoms. The number of aliphatic hydroxyl groups excluding tert-OH is 1. The van der Waals surface area contributed by atoms with E-state index in [4.69, 9.17) is 18.9 Å². The fourth-order valence-corrected chi connectivity index (χ4v) is 3.01. The molecule has 0 saturated carbocycles. The van der Waals surface area contributed by atoms with Crippen LogP contribution < -0.4 is 24.4 Å². The molecule has 0 saturated heterocycles. The predicted octanol–water partition coefficient (Wildman–Crippen LogP) is 3.12. The Hall–Kier alpha value is -4.37. The average Bonchev–Trinajstić information content (AvgIpc) is 2.88. The van der Waals surface area contributed by atoms with Gasteiger partial charge in [0.25, 0.3) is 5.91 Å². The summed E-state index contributed by atoms with van der Waals surface area (Å²) in [6.07, 6.45) is 0.0794. The van der Waals surface area contributed by atoms with Gasteiger partial charge in [0.2, 0.25) is 5.75 Å². The number of nitrogens with zero attached hydrogens (tertiary/aromatic N) is 1. The molecular weight excluding hydrogens is 440 g/mol. The molecule has 176 valence electrons. The molecule has 1 atom stereocenters. The molecule has 0 aliphatic rings. The minimum atomic E-state index is -1.32. The van der Waals surface area contributed by atoms with Gasteiger partial charge in [-0.15, -0.1) is 0 Å². The summed E-state index contributed by atoms with van der Waals surface area (Å²) in [6.45, 7) is 0. The number of hydrazone groups is 1. The lowest BCUT2D eigenvalue weighted by atomic mass is 10.1. The van der Waals surface area contributed by atoms with E-state index >= 15 is 0 Å². The summed E-state index contributed by atoms with van der Waals surface area (Å²) in [4.78, 5) is 24.6. The number of esters is 1. The van der Waals surface area contributed by atoms with E-state index in [9.17, 15) is 14.7 Å². The molecule has 2 N–H and O–H groups in total. The van der Waals surface area contributed by atoms with Gasteiger partial charge in [-0.3, -0.25) is 4.79 Å². The number of carbonyl (C=O) groups excluding carboxylic acids is 2. The number of hydrogen-bond acceptors (Lipinski definition) is 8. The van der Waals surface area contributed by atoms with E-state index in [0.29, 0.717) is 34.1 Å². The van der Waals surface area contributed by atoms with Crippen molar-refractivity contribution in [1.82, 2.24) is 5.43 Å². The lowest BCUT2D eigenvalue weighted by Gasteiger charge is -2.13. The van der Waals surface area contributed by atoms with Crippen molar-refractivity contribution in [2.45, 2.75) is 6.10 Å². The Labute approximate surface area is 196 Å². The van der Waals surface area contributed by atoms with Gasteiger partial charge < -0.3 is 24.1 Å². The molecule has 0 spiro atoms. The molecule has 3 aromatic carbocycles. The first-order valence-corrected chi connectivity index (χ1v) is 10.1. The van der Waals surface area contributed by atoms with Gasteiger partial charge in [0.15, 0.2) is 17.6 Å². The van der Waals surface area contributed by atoms with Crippen LogP contribution in [-0.2, 0) is 4.79 Å². The van der Waals surface area contributed by atoms with Crippen LogP contribution in [0.25, 0.3) is 0 Å². The van der Waals surface area contributed by atoms with E-state index in [1.807, 2.05) is 0 Å². The predicted molar refractivity (Wildman–Crippen MR) is 125 cm³/mol. The van der Waals surface area contributed by atoms with Crippen LogP contribution in [0, 0.1) is 0 Å². The van der Waals surface area contributed by atoms with Crippen molar-refractivity contribution in [3.8, 4) is 23.0 Å². The van der Waals surface area contributed by atoms with Crippen LogP contribution in [0.3, 0.4) is 0 Å². The van der Waals surface area contributed by atoms with Crippen molar-refractivity contribution < 1.29 is 33.6 Å². The maximum atomic E-state index is 12.6. The van der Waals surface area contributed by atoms with E-state index in [2.05, 4.69) is 10.5 Å². The Balaban J connectivity index is 1.61. The normalized spacial score (nSPS) is 11.5. The zero-order valence-corrected chi connectivity index (χ0v) is 18.8. The molecule has 0 fully saturated rings. The Bertz CT molecular complexity index is 1140. The summed E-state index contributed by atoms with van der Waals surface area (Å²) in [5.74, 6) is 0.0776. The first kappa shape index (κ1) is 24.3. The van der Waals surface area contributed by atoms with Gasteiger partial charge in [0.1, 0.15) is 5.75 Å². The Morgan fingerprint density at radius 2 is 1.53 bits per heavy atom. The van der Waals surface area contributed by atoms with Crippen LogP contribution in [0.2, 0.25) is 0 Å². The maximum absolute atomic E-state index is 12.6. The van der Waals surface area contributed by atoms with E-state index in [-0.39, 0.29) is 5.56 Å². The Morgan fingerprint density at radius 3 is 2.09 bits per heavy atom. The molecule has 0 radical (unpaired) electrons. The number of nitrogens with one attached hydrogen (secondary N) is 1. The topological polar surface area (TPSA) is 116 Å². The number of rotatable bonds is 9. The lowest BCUT2D eigenvalue weighted by molar-refractivity contribution is -0.129. The molecule has 1 amide bonds. The molecular formula is C25H24N2O7. The van der Waals surface area contributed by atoms with Gasteiger partial charge in [-0.1, -0.05) is 30.3 Å². The number of amides is 1. The second-order valence-electron chi connectivity index (χ2n) is 6.92. The first-order valence-electron chi connectivity index (χ1n) is 10.1. The summed E-state index contributed by atoms with van der Waals surface area (Å²) < 4.78 is 21.2. The summed E-state index contributed by atoms with van der Waals surface area (Å²) in [5, 5.41) is 13.9. The summed E-state index contributed by atoms with van der Waals surface area (Å²) in [7, 11) is 4.38. The van der Waals surface area contributed by atoms with Crippen molar-refractivity contribution in [3.05, 3.63) is 83.4 Å². The van der Waals surface area contributed by atoms with Crippen molar-refractivity contribution in [2.75, 3.05) is 21.3 Å². The van der Waals surface area contributed by atoms with Crippen LogP contribution in [0.4, 0.5) is 0 Å². The number of methoxy groups -OCH3 is 3. The smallest absolute Gasteiger partial charge is 0.343 e. The second-order valence-corrected chi connectivity index (χ2v) is 6.92. The minimum absolute atomic E-state index is 0.222. The van der Waals surface area contributed by atoms with Crippen LogP contribution in [0.15, 0.2) is 71.8 Å². The largest absolute Gasteiger partial charge is 0.493 e. The van der Waals surface area contributed by atoms with E-state index in [1.54, 1.807) is 54.6 Å². The number of benzene rings is 3. The van der Waals surface area contributed by atoms with E-state index in [0.717, 1.165) is 0 Å². The first-order chi connectivity index (χ1) is 16.5. The van der Waals surface area contributed by atoms with Gasteiger partial charge in [-0.25, -0.2) is 10.2 Å². The van der Waals surface area contributed by atoms with Crippen molar-refractivity contribution in [2.24, 2.45) is 5.10 Å². The molecule has 0 aromatic heterocycles. The maximum Gasteiger partial charge on any atom is 0.343 e. The molecule has 0 aliphatic heterocycles. The van der Waals surface area contributed by atoms with Crippen molar-refractivity contribution in [1.29, 1.82) is 0 Å². The van der Waals surface area contributed by atoms with Gasteiger partial charge >= 0.3 is 5.97 Å². The second kappa shape index (κ2) is 11.5. The summed E-state index contributed by atoms with van der Waals surface area (Å²) in [5.41, 5.74) is 3.62. The third-order valence-electron chi connectivity index (χ3n) is 4.74. The molecule has 34 heavy (non-hydrogen) atoms. The Kier molecular flexibility index (Phi) is 8.20. The highest BCUT2D eigenvalue weighted by molar-refractivity contribution is 5.93. The fraction of sp³-hybridized carbons (Fsp3) is 0.160. The zero-order valence-electron chi connectivity index (χ0n) is 18.8. The zero-order chi connectivity index (χ0) is 24.5. The van der Waals surface area contributed by atoms with Crippen molar-refractivity contribution in [3.63, 3.8) is 0 Å². The highest BCUT2D eigenvalue weighted by atomic mass is 16.5. The number of aliphatic hydroxyl groups is 1. The molecule has 9 nitrogen and oxygen atoms in total. The molecule has 0 unspecified atom stereocenters. The minimum Gasteiger partial charge on any atom is -0.493 e. The molecule has 3 aromatic rings. The Morgan fingerprint density at radius 1 is 0.912 bits per heavy atom. The van der Waals surface area contributed by atoms with Crippen LogP contribution >= 0.6 is 0 Å². The monoisotopic (exact) mass is 464 g/mol. The van der Waals surface area contributed by atoms with Crippen molar-refractivity contribution >= 4 is 18.1 Å². The standard InChI is InChI=1S/C25H24N2O7/c1-31-20-13-18(14-21(32-2)23(20)33-3)25(30)34-19-11-9-16(10-12-19)15-26-27-24(29)22(28)17-7-5-4-6-8-17/h4-15,22,28H,1-3H3,(H,27,29)/b26-15-/t22-/m1/s1. The third kappa shape index (κ3) is 5.90. The molecule has 9 heteroatoms.